The summed E-state index contributed by atoms with van der Waals surface area (Å²) in [4.78, 5) is 30.3. The van der Waals surface area contributed by atoms with E-state index in [1.54, 1.807) is 30.3 Å². The molecule has 1 unspecified atom stereocenters. The van der Waals surface area contributed by atoms with Crippen LogP contribution in [0.4, 0.5) is 4.39 Å². The number of hydrogen-bond donors (Lipinski definition) is 0. The van der Waals surface area contributed by atoms with Gasteiger partial charge in [0.2, 0.25) is 5.91 Å². The second kappa shape index (κ2) is 6.53. The van der Waals surface area contributed by atoms with Crippen molar-refractivity contribution in [1.29, 1.82) is 0 Å². The zero-order valence-electron chi connectivity index (χ0n) is 15.6. The van der Waals surface area contributed by atoms with E-state index in [0.29, 0.717) is 10.0 Å². The summed E-state index contributed by atoms with van der Waals surface area (Å²) < 4.78 is 13.5. The minimum absolute atomic E-state index is 0.146. The molecule has 3 aliphatic heterocycles. The first kappa shape index (κ1) is 19.0. The molecule has 2 amide bonds. The van der Waals surface area contributed by atoms with Crippen LogP contribution in [0.2, 0.25) is 10.0 Å². The highest BCUT2D eigenvalue weighted by Crippen LogP contribution is 2.59. The maximum atomic E-state index is 13.7. The zero-order valence-corrected chi connectivity index (χ0v) is 17.1. The van der Waals surface area contributed by atoms with Crippen LogP contribution in [0.1, 0.15) is 30.4 Å². The van der Waals surface area contributed by atoms with E-state index in [1.165, 1.54) is 17.0 Å². The largest absolute Gasteiger partial charge is 0.288 e. The van der Waals surface area contributed by atoms with Gasteiger partial charge in [0.05, 0.1) is 13.0 Å². The van der Waals surface area contributed by atoms with Crippen LogP contribution in [0.25, 0.3) is 0 Å². The molecule has 0 N–H and O–H groups in total. The molecular weight excluding hydrogens is 414 g/mol. The SMILES string of the molecule is O=C1CC2(C(=O)N1Cc1cc(Cl)cc(Cl)c1)N1CCC2(c2ccc(F)cc2)CC1. The Kier molecular flexibility index (Phi) is 4.28. The van der Waals surface area contributed by atoms with Crippen molar-refractivity contribution in [3.05, 3.63) is 69.5 Å². The van der Waals surface area contributed by atoms with E-state index < -0.39 is 11.0 Å². The van der Waals surface area contributed by atoms with Crippen molar-refractivity contribution in [3.63, 3.8) is 0 Å². The van der Waals surface area contributed by atoms with Gasteiger partial charge in [-0.2, -0.15) is 0 Å². The van der Waals surface area contributed by atoms with Gasteiger partial charge in [0.15, 0.2) is 0 Å². The Labute approximate surface area is 178 Å². The maximum Gasteiger partial charge on any atom is 0.251 e. The number of piperidine rings is 1. The second-order valence-corrected chi connectivity index (χ2v) is 9.05. The Morgan fingerprint density at radius 3 is 2.21 bits per heavy atom. The lowest BCUT2D eigenvalue weighted by molar-refractivity contribution is -0.142. The van der Waals surface area contributed by atoms with Crippen molar-refractivity contribution in [1.82, 2.24) is 9.80 Å². The summed E-state index contributed by atoms with van der Waals surface area (Å²) in [5, 5.41) is 0.933. The summed E-state index contributed by atoms with van der Waals surface area (Å²) in [6.45, 7) is 1.66. The first-order chi connectivity index (χ1) is 13.9. The van der Waals surface area contributed by atoms with Gasteiger partial charge in [0.25, 0.3) is 5.91 Å². The normalized spacial score (nSPS) is 30.7. The van der Waals surface area contributed by atoms with Crippen LogP contribution in [0, 0.1) is 5.82 Å². The van der Waals surface area contributed by atoms with Crippen LogP contribution in [0.3, 0.4) is 0 Å². The molecule has 0 aromatic heterocycles. The number of imide groups is 1. The van der Waals surface area contributed by atoms with Gasteiger partial charge in [-0.3, -0.25) is 19.4 Å². The lowest BCUT2D eigenvalue weighted by Gasteiger charge is -2.38. The lowest BCUT2D eigenvalue weighted by Crippen LogP contribution is -2.55. The Bertz CT molecular complexity index is 998. The highest BCUT2D eigenvalue weighted by atomic mass is 35.5. The molecule has 5 rings (SSSR count). The van der Waals surface area contributed by atoms with E-state index in [4.69, 9.17) is 23.2 Å². The highest BCUT2D eigenvalue weighted by molar-refractivity contribution is 6.34. The topological polar surface area (TPSA) is 40.6 Å². The lowest BCUT2D eigenvalue weighted by atomic mass is 9.65. The molecule has 0 radical (unpaired) electrons. The third-order valence-electron chi connectivity index (χ3n) is 6.92. The Balaban J connectivity index is 1.54. The van der Waals surface area contributed by atoms with E-state index in [2.05, 4.69) is 4.90 Å². The van der Waals surface area contributed by atoms with Crippen molar-refractivity contribution in [2.24, 2.45) is 0 Å². The molecule has 3 heterocycles. The molecule has 2 aromatic carbocycles. The van der Waals surface area contributed by atoms with Crippen molar-refractivity contribution in [3.8, 4) is 0 Å². The number of likely N-dealkylation sites (tertiary alicyclic amines) is 1. The standard InChI is InChI=1S/C22H19Cl2FN2O2/c23-16-9-14(10-17(24)11-16)13-27-19(28)12-22(20(27)29)21(5-7-26(22)8-6-21)15-1-3-18(25)4-2-15/h1-4,9-11H,5-8,12-13H2. The molecule has 0 saturated carbocycles. The fourth-order valence-corrected chi connectivity index (χ4v) is 6.25. The molecule has 7 heteroatoms. The highest BCUT2D eigenvalue weighted by Gasteiger charge is 2.72. The third-order valence-corrected chi connectivity index (χ3v) is 7.35. The van der Waals surface area contributed by atoms with Crippen LogP contribution in [0.5, 0.6) is 0 Å². The molecule has 4 nitrogen and oxygen atoms in total. The molecule has 150 valence electrons. The van der Waals surface area contributed by atoms with Crippen LogP contribution < -0.4 is 0 Å². The molecule has 3 fully saturated rings. The van der Waals surface area contributed by atoms with Gasteiger partial charge in [-0.1, -0.05) is 35.3 Å². The Morgan fingerprint density at radius 1 is 0.966 bits per heavy atom. The first-order valence-electron chi connectivity index (χ1n) is 9.67. The molecule has 1 spiro atoms. The molecule has 29 heavy (non-hydrogen) atoms. The van der Waals surface area contributed by atoms with Crippen molar-refractivity contribution in [2.45, 2.75) is 36.8 Å². The average Bonchev–Trinajstić information content (AvgIpc) is 3.25. The van der Waals surface area contributed by atoms with Gasteiger partial charge in [-0.25, -0.2) is 4.39 Å². The van der Waals surface area contributed by atoms with Gasteiger partial charge < -0.3 is 0 Å². The quantitative estimate of drug-likeness (QED) is 0.683. The third kappa shape index (κ3) is 2.61. The number of carbonyl (C=O) groups excluding carboxylic acids is 2. The number of amides is 2. The van der Waals surface area contributed by atoms with E-state index >= 15 is 0 Å². The summed E-state index contributed by atoms with van der Waals surface area (Å²) in [7, 11) is 0. The smallest absolute Gasteiger partial charge is 0.251 e. The number of nitrogens with zero attached hydrogens (tertiary/aromatic N) is 2. The number of carbonyl (C=O) groups is 2. The molecule has 2 aromatic rings. The molecule has 3 aliphatic rings. The van der Waals surface area contributed by atoms with Gasteiger partial charge in [-0.05, 0) is 54.3 Å². The van der Waals surface area contributed by atoms with Crippen molar-refractivity contribution >= 4 is 35.0 Å². The fraction of sp³-hybridized carbons (Fsp3) is 0.364. The molecular formula is C22H19Cl2FN2O2. The van der Waals surface area contributed by atoms with Gasteiger partial charge in [-0.15, -0.1) is 0 Å². The predicted molar refractivity (Wildman–Crippen MR) is 108 cm³/mol. The second-order valence-electron chi connectivity index (χ2n) is 8.18. The van der Waals surface area contributed by atoms with Crippen molar-refractivity contribution in [2.75, 3.05) is 13.1 Å². The van der Waals surface area contributed by atoms with E-state index in [9.17, 15) is 14.0 Å². The Hall–Kier alpha value is -1.95. The summed E-state index contributed by atoms with van der Waals surface area (Å²) in [6, 6.07) is 11.5. The van der Waals surface area contributed by atoms with E-state index in [0.717, 1.165) is 37.1 Å². The van der Waals surface area contributed by atoms with E-state index in [-0.39, 0.29) is 30.6 Å². The monoisotopic (exact) mass is 432 g/mol. The van der Waals surface area contributed by atoms with Gasteiger partial charge in [0, 0.05) is 28.5 Å². The molecule has 3 saturated heterocycles. The predicted octanol–water partition coefficient (Wildman–Crippen LogP) is 4.18. The first-order valence-corrected chi connectivity index (χ1v) is 10.4. The summed E-state index contributed by atoms with van der Waals surface area (Å²) in [5.41, 5.74) is 0.309. The van der Waals surface area contributed by atoms with Gasteiger partial charge >= 0.3 is 0 Å². The van der Waals surface area contributed by atoms with Crippen LogP contribution in [-0.2, 0) is 21.5 Å². The average molecular weight is 433 g/mol. The molecule has 2 bridgehead atoms. The van der Waals surface area contributed by atoms with Crippen LogP contribution in [-0.4, -0.2) is 40.2 Å². The number of hydrogen-bond acceptors (Lipinski definition) is 3. The maximum absolute atomic E-state index is 13.7. The number of benzene rings is 2. The number of rotatable bonds is 3. The minimum atomic E-state index is -0.885. The van der Waals surface area contributed by atoms with Crippen LogP contribution in [0.15, 0.2) is 42.5 Å². The summed E-state index contributed by atoms with van der Waals surface area (Å²) in [5.74, 6) is -0.662. The van der Waals surface area contributed by atoms with Gasteiger partial charge in [0.1, 0.15) is 11.4 Å². The summed E-state index contributed by atoms with van der Waals surface area (Å²) in [6.07, 6.45) is 1.72. The zero-order chi connectivity index (χ0) is 20.4. The van der Waals surface area contributed by atoms with Crippen molar-refractivity contribution < 1.29 is 14.0 Å². The van der Waals surface area contributed by atoms with E-state index in [1.807, 2.05) is 0 Å². The fourth-order valence-electron chi connectivity index (χ4n) is 5.67. The number of halogens is 3. The minimum Gasteiger partial charge on any atom is -0.288 e. The summed E-state index contributed by atoms with van der Waals surface area (Å²) >= 11 is 12.2. The molecule has 0 aliphatic carbocycles. The van der Waals surface area contributed by atoms with Crippen LogP contribution >= 0.6 is 23.2 Å². The Morgan fingerprint density at radius 2 is 1.59 bits per heavy atom. The molecule has 1 atom stereocenters.